The highest BCUT2D eigenvalue weighted by Crippen LogP contribution is 2.30. The summed E-state index contributed by atoms with van der Waals surface area (Å²) in [6.07, 6.45) is 4.55. The molecule has 0 saturated carbocycles. The first-order valence-electron chi connectivity index (χ1n) is 9.94. The third kappa shape index (κ3) is 5.37. The molecule has 0 radical (unpaired) electrons. The summed E-state index contributed by atoms with van der Waals surface area (Å²) in [5.41, 5.74) is 2.13. The van der Waals surface area contributed by atoms with Gasteiger partial charge in [0.05, 0.1) is 17.7 Å². The molecule has 4 rings (SSSR count). The van der Waals surface area contributed by atoms with Crippen LogP contribution < -0.4 is 9.47 Å². The Hall–Kier alpha value is -4.16. The summed E-state index contributed by atoms with van der Waals surface area (Å²) < 4.78 is 16.0. The van der Waals surface area contributed by atoms with Gasteiger partial charge in [0.2, 0.25) is 5.90 Å². The molecular weight excluding hydrogens is 442 g/mol. The van der Waals surface area contributed by atoms with Crippen molar-refractivity contribution in [3.05, 3.63) is 106 Å². The Morgan fingerprint density at radius 1 is 0.970 bits per heavy atom. The number of carbonyl (C=O) groups excluding carboxylic acids is 2. The first-order chi connectivity index (χ1) is 16.0. The predicted octanol–water partition coefficient (Wildman–Crippen LogP) is 5.31. The Balaban J connectivity index is 1.52. The smallest absolute Gasteiger partial charge is 0.363 e. The maximum absolute atomic E-state index is 12.3. The highest BCUT2D eigenvalue weighted by atomic mass is 35.5. The lowest BCUT2D eigenvalue weighted by molar-refractivity contribution is -0.130. The molecule has 1 aliphatic rings. The van der Waals surface area contributed by atoms with Gasteiger partial charge in [0.1, 0.15) is 0 Å². The van der Waals surface area contributed by atoms with Crippen molar-refractivity contribution in [2.75, 3.05) is 7.11 Å². The molecule has 3 aromatic carbocycles. The fraction of sp³-hybridized carbons (Fsp3) is 0.0385. The number of aliphatic imine (C=N–C) groups is 1. The van der Waals surface area contributed by atoms with E-state index >= 15 is 0 Å². The van der Waals surface area contributed by atoms with Gasteiger partial charge in [-0.1, -0.05) is 60.1 Å². The van der Waals surface area contributed by atoms with E-state index in [0.717, 1.165) is 5.56 Å². The van der Waals surface area contributed by atoms with E-state index in [2.05, 4.69) is 4.99 Å². The number of carbonyl (C=O) groups is 2. The Bertz CT molecular complexity index is 1300. The fourth-order valence-electron chi connectivity index (χ4n) is 3.05. The molecule has 6 nitrogen and oxygen atoms in total. The van der Waals surface area contributed by atoms with Gasteiger partial charge in [0.25, 0.3) is 0 Å². The molecule has 0 saturated heterocycles. The number of ether oxygens (including phenoxy) is 3. The summed E-state index contributed by atoms with van der Waals surface area (Å²) in [4.78, 5) is 28.7. The van der Waals surface area contributed by atoms with Crippen LogP contribution in [0.25, 0.3) is 12.2 Å². The molecule has 0 unspecified atom stereocenters. The second-order valence-electron chi connectivity index (χ2n) is 6.89. The van der Waals surface area contributed by atoms with E-state index in [4.69, 9.17) is 25.8 Å². The molecule has 0 spiro atoms. The first kappa shape index (κ1) is 22.0. The molecule has 0 amide bonds. The van der Waals surface area contributed by atoms with Crippen LogP contribution in [0.5, 0.6) is 11.5 Å². The van der Waals surface area contributed by atoms with Crippen molar-refractivity contribution in [1.29, 1.82) is 0 Å². The number of rotatable bonds is 6. The zero-order chi connectivity index (χ0) is 23.2. The van der Waals surface area contributed by atoms with E-state index in [1.807, 2.05) is 30.3 Å². The maximum Gasteiger partial charge on any atom is 0.363 e. The van der Waals surface area contributed by atoms with Crippen LogP contribution in [0.1, 0.15) is 16.7 Å². The minimum Gasteiger partial charge on any atom is -0.493 e. The van der Waals surface area contributed by atoms with E-state index in [1.165, 1.54) is 13.2 Å². The molecule has 7 heteroatoms. The van der Waals surface area contributed by atoms with Crippen LogP contribution >= 0.6 is 11.6 Å². The van der Waals surface area contributed by atoms with Gasteiger partial charge >= 0.3 is 11.9 Å². The predicted molar refractivity (Wildman–Crippen MR) is 126 cm³/mol. The maximum atomic E-state index is 12.3. The van der Waals surface area contributed by atoms with Gasteiger partial charge in [0, 0.05) is 6.08 Å². The molecule has 33 heavy (non-hydrogen) atoms. The van der Waals surface area contributed by atoms with Crippen LogP contribution in [0, 0.1) is 0 Å². The van der Waals surface area contributed by atoms with Crippen molar-refractivity contribution < 1.29 is 23.8 Å². The summed E-state index contributed by atoms with van der Waals surface area (Å²) in [6.45, 7) is 0. The highest BCUT2D eigenvalue weighted by molar-refractivity contribution is 6.34. The number of hydrogen-bond donors (Lipinski definition) is 0. The lowest BCUT2D eigenvalue weighted by Gasteiger charge is -2.08. The Morgan fingerprint density at radius 3 is 2.48 bits per heavy atom. The van der Waals surface area contributed by atoms with E-state index < -0.39 is 11.9 Å². The monoisotopic (exact) mass is 459 g/mol. The number of hydrogen-bond acceptors (Lipinski definition) is 6. The Morgan fingerprint density at radius 2 is 1.73 bits per heavy atom. The third-order valence-electron chi connectivity index (χ3n) is 4.64. The summed E-state index contributed by atoms with van der Waals surface area (Å²) in [5.74, 6) is -0.425. The van der Waals surface area contributed by atoms with Crippen molar-refractivity contribution in [1.82, 2.24) is 0 Å². The lowest BCUT2D eigenvalue weighted by atomic mass is 10.1. The number of esters is 2. The topological polar surface area (TPSA) is 74.2 Å². The van der Waals surface area contributed by atoms with Gasteiger partial charge in [-0.2, -0.15) is 0 Å². The highest BCUT2D eigenvalue weighted by Gasteiger charge is 2.25. The normalized spacial score (nSPS) is 14.3. The van der Waals surface area contributed by atoms with Gasteiger partial charge in [-0.15, -0.1) is 0 Å². The summed E-state index contributed by atoms with van der Waals surface area (Å²) in [5, 5.41) is 0.430. The van der Waals surface area contributed by atoms with Gasteiger partial charge in [-0.3, -0.25) is 0 Å². The minimum absolute atomic E-state index is 0.113. The molecule has 0 bridgehead atoms. The Labute approximate surface area is 195 Å². The van der Waals surface area contributed by atoms with Crippen molar-refractivity contribution in [3.8, 4) is 11.5 Å². The number of cyclic esters (lactones) is 1. The summed E-state index contributed by atoms with van der Waals surface area (Å²) >= 11 is 6.16. The zero-order valence-electron chi connectivity index (χ0n) is 17.5. The fourth-order valence-corrected chi connectivity index (χ4v) is 3.26. The molecular formula is C26H18ClNO5. The van der Waals surface area contributed by atoms with E-state index in [0.29, 0.717) is 21.9 Å². The van der Waals surface area contributed by atoms with E-state index in [-0.39, 0.29) is 17.3 Å². The first-order valence-corrected chi connectivity index (χ1v) is 10.3. The van der Waals surface area contributed by atoms with Crippen LogP contribution in [-0.4, -0.2) is 24.9 Å². The van der Waals surface area contributed by atoms with Crippen molar-refractivity contribution in [2.24, 2.45) is 4.99 Å². The van der Waals surface area contributed by atoms with Gasteiger partial charge in [-0.05, 0) is 47.5 Å². The van der Waals surface area contributed by atoms with Crippen LogP contribution in [0.2, 0.25) is 5.02 Å². The van der Waals surface area contributed by atoms with Crippen molar-refractivity contribution in [2.45, 2.75) is 0 Å². The van der Waals surface area contributed by atoms with Gasteiger partial charge in [-0.25, -0.2) is 14.6 Å². The van der Waals surface area contributed by atoms with E-state index in [9.17, 15) is 9.59 Å². The molecule has 0 aliphatic carbocycles. The molecule has 1 aliphatic heterocycles. The third-order valence-corrected chi connectivity index (χ3v) is 4.97. The SMILES string of the molecule is COc1cc(/C=C2\N=C(c3ccccc3Cl)OC2=O)ccc1OC(=O)/C=C/c1ccccc1. The second-order valence-corrected chi connectivity index (χ2v) is 7.30. The number of methoxy groups -OCH3 is 1. The van der Waals surface area contributed by atoms with Crippen LogP contribution in [-0.2, 0) is 14.3 Å². The second kappa shape index (κ2) is 9.97. The molecule has 1 heterocycles. The molecule has 3 aromatic rings. The van der Waals surface area contributed by atoms with Crippen LogP contribution in [0.3, 0.4) is 0 Å². The quantitative estimate of drug-likeness (QED) is 0.283. The average Bonchev–Trinajstić information content (AvgIpc) is 3.19. The van der Waals surface area contributed by atoms with Crippen molar-refractivity contribution >= 4 is 41.6 Å². The summed E-state index contributed by atoms with van der Waals surface area (Å²) in [6, 6.07) is 21.3. The molecule has 0 N–H and O–H groups in total. The zero-order valence-corrected chi connectivity index (χ0v) is 18.3. The van der Waals surface area contributed by atoms with Crippen LogP contribution in [0.15, 0.2) is 89.6 Å². The van der Waals surface area contributed by atoms with Gasteiger partial charge < -0.3 is 14.2 Å². The average molecular weight is 460 g/mol. The minimum atomic E-state index is -0.592. The van der Waals surface area contributed by atoms with Crippen LogP contribution in [0.4, 0.5) is 0 Å². The lowest BCUT2D eigenvalue weighted by Crippen LogP contribution is -2.06. The molecule has 0 fully saturated rings. The number of benzene rings is 3. The molecule has 164 valence electrons. The number of nitrogens with zero attached hydrogens (tertiary/aromatic N) is 1. The van der Waals surface area contributed by atoms with Crippen molar-refractivity contribution in [3.63, 3.8) is 0 Å². The standard InChI is InChI=1S/C26H18ClNO5/c1-31-23-16-18(11-13-22(23)32-24(29)14-12-17-7-3-2-4-8-17)15-21-26(30)33-25(28-21)19-9-5-6-10-20(19)27/h2-16H,1H3/b14-12+,21-15-. The summed E-state index contributed by atoms with van der Waals surface area (Å²) in [7, 11) is 1.46. The Kier molecular flexibility index (Phi) is 6.66. The van der Waals surface area contributed by atoms with Gasteiger partial charge in [0.15, 0.2) is 17.2 Å². The largest absolute Gasteiger partial charge is 0.493 e. The van der Waals surface area contributed by atoms with E-state index in [1.54, 1.807) is 54.6 Å². The number of halogens is 1. The molecule has 0 atom stereocenters. The molecule has 0 aromatic heterocycles.